The molecule has 0 radical (unpaired) electrons. The summed E-state index contributed by atoms with van der Waals surface area (Å²) in [5.41, 5.74) is 0. The summed E-state index contributed by atoms with van der Waals surface area (Å²) in [5.74, 6) is 2.77. The minimum atomic E-state index is 0.141. The normalized spacial score (nSPS) is 24.0. The number of nitrogens with zero attached hydrogens (tertiary/aromatic N) is 2. The van der Waals surface area contributed by atoms with Crippen molar-refractivity contribution >= 4 is 11.8 Å². The maximum Gasteiger partial charge on any atom is 0.243 e. The van der Waals surface area contributed by atoms with Crippen molar-refractivity contribution in [1.82, 2.24) is 15.5 Å². The third-order valence-corrected chi connectivity index (χ3v) is 3.85. The topological polar surface area (TPSA) is 51.0 Å². The molecule has 2 unspecified atom stereocenters. The van der Waals surface area contributed by atoms with Gasteiger partial charge in [-0.05, 0) is 32.6 Å². The first-order chi connectivity index (χ1) is 6.81. The van der Waals surface area contributed by atoms with E-state index in [1.807, 2.05) is 25.7 Å². The minimum Gasteiger partial charge on any atom is -0.338 e. The van der Waals surface area contributed by atoms with E-state index < -0.39 is 0 Å². The van der Waals surface area contributed by atoms with E-state index in [1.165, 1.54) is 18.6 Å². The van der Waals surface area contributed by atoms with Crippen molar-refractivity contribution in [3.05, 3.63) is 11.7 Å². The van der Waals surface area contributed by atoms with Crippen molar-refractivity contribution in [3.8, 4) is 0 Å². The molecule has 5 heteroatoms. The minimum absolute atomic E-state index is 0.141. The van der Waals surface area contributed by atoms with Gasteiger partial charge in [-0.15, -0.1) is 0 Å². The van der Waals surface area contributed by atoms with E-state index in [4.69, 9.17) is 4.52 Å². The Balaban J connectivity index is 2.08. The molecule has 1 aromatic rings. The summed E-state index contributed by atoms with van der Waals surface area (Å²) in [5, 5.41) is 7.56. The molecule has 0 spiro atoms. The van der Waals surface area contributed by atoms with Crippen LogP contribution in [0.2, 0.25) is 0 Å². The first-order valence-corrected chi connectivity index (χ1v) is 5.98. The van der Waals surface area contributed by atoms with E-state index in [-0.39, 0.29) is 6.04 Å². The lowest BCUT2D eigenvalue weighted by Crippen LogP contribution is -2.12. The molecule has 0 bridgehead atoms. The smallest absolute Gasteiger partial charge is 0.243 e. The average Bonchev–Trinajstić information content (AvgIpc) is 2.86. The molecule has 1 aliphatic rings. The van der Waals surface area contributed by atoms with E-state index in [0.29, 0.717) is 11.1 Å². The Hall–Kier alpha value is -0.550. The quantitative estimate of drug-likeness (QED) is 0.831. The summed E-state index contributed by atoms with van der Waals surface area (Å²) in [7, 11) is 1.89. The Morgan fingerprint density at radius 1 is 1.64 bits per heavy atom. The molecule has 4 nitrogen and oxygen atoms in total. The molecule has 0 saturated carbocycles. The maximum atomic E-state index is 5.19. The highest BCUT2D eigenvalue weighted by Crippen LogP contribution is 2.38. The second kappa shape index (κ2) is 4.31. The van der Waals surface area contributed by atoms with Crippen molar-refractivity contribution in [3.63, 3.8) is 0 Å². The number of rotatable bonds is 3. The summed E-state index contributed by atoms with van der Waals surface area (Å²) in [4.78, 5) is 4.40. The Bertz CT molecular complexity index is 296. The molecule has 1 saturated heterocycles. The highest BCUT2D eigenvalue weighted by atomic mass is 32.2. The number of hydrogen-bond acceptors (Lipinski definition) is 5. The monoisotopic (exact) mass is 213 g/mol. The van der Waals surface area contributed by atoms with Gasteiger partial charge in [-0.1, -0.05) is 5.16 Å². The fourth-order valence-electron chi connectivity index (χ4n) is 1.46. The van der Waals surface area contributed by atoms with Crippen LogP contribution in [0.3, 0.4) is 0 Å². The van der Waals surface area contributed by atoms with Crippen LogP contribution in [0.15, 0.2) is 4.52 Å². The Kier molecular flexibility index (Phi) is 3.08. The van der Waals surface area contributed by atoms with Crippen LogP contribution in [0.25, 0.3) is 0 Å². The molecule has 2 rings (SSSR count). The van der Waals surface area contributed by atoms with Crippen LogP contribution in [0.4, 0.5) is 0 Å². The molecule has 1 aliphatic heterocycles. The summed E-state index contributed by atoms with van der Waals surface area (Å²) in [6, 6.07) is 0.141. The van der Waals surface area contributed by atoms with Gasteiger partial charge in [0.2, 0.25) is 5.89 Å². The van der Waals surface area contributed by atoms with Gasteiger partial charge in [0, 0.05) is 0 Å². The van der Waals surface area contributed by atoms with E-state index in [1.54, 1.807) is 0 Å². The lowest BCUT2D eigenvalue weighted by atomic mass is 10.2. The van der Waals surface area contributed by atoms with Crippen molar-refractivity contribution in [1.29, 1.82) is 0 Å². The summed E-state index contributed by atoms with van der Waals surface area (Å²) in [6.45, 7) is 2.01. The number of nitrogens with one attached hydrogen (secondary N) is 1. The van der Waals surface area contributed by atoms with E-state index in [2.05, 4.69) is 15.5 Å². The van der Waals surface area contributed by atoms with E-state index in [0.717, 1.165) is 5.82 Å². The Labute approximate surface area is 87.8 Å². The maximum absolute atomic E-state index is 5.19. The average molecular weight is 213 g/mol. The molecule has 2 atom stereocenters. The zero-order chi connectivity index (χ0) is 9.97. The van der Waals surface area contributed by atoms with Crippen LogP contribution < -0.4 is 5.32 Å². The number of aromatic nitrogens is 2. The number of hydrogen-bond donors (Lipinski definition) is 1. The van der Waals surface area contributed by atoms with Gasteiger partial charge in [-0.25, -0.2) is 0 Å². The van der Waals surface area contributed by atoms with Gasteiger partial charge >= 0.3 is 0 Å². The summed E-state index contributed by atoms with van der Waals surface area (Å²) in [6.07, 6.45) is 2.44. The Morgan fingerprint density at radius 3 is 3.14 bits per heavy atom. The Morgan fingerprint density at radius 2 is 2.50 bits per heavy atom. The van der Waals surface area contributed by atoms with Gasteiger partial charge in [0.05, 0.1) is 11.3 Å². The van der Waals surface area contributed by atoms with Gasteiger partial charge < -0.3 is 9.84 Å². The molecule has 1 fully saturated rings. The van der Waals surface area contributed by atoms with E-state index in [9.17, 15) is 0 Å². The first-order valence-electron chi connectivity index (χ1n) is 4.93. The second-order valence-corrected chi connectivity index (χ2v) is 4.81. The van der Waals surface area contributed by atoms with Gasteiger partial charge in [-0.3, -0.25) is 0 Å². The largest absolute Gasteiger partial charge is 0.338 e. The van der Waals surface area contributed by atoms with Gasteiger partial charge in [-0.2, -0.15) is 16.7 Å². The molecular formula is C9H15N3OS. The van der Waals surface area contributed by atoms with Crippen LogP contribution in [0.1, 0.15) is 42.8 Å². The molecule has 14 heavy (non-hydrogen) atoms. The van der Waals surface area contributed by atoms with Crippen LogP contribution in [-0.2, 0) is 0 Å². The third-order valence-electron chi connectivity index (χ3n) is 2.48. The molecular weight excluding hydrogens is 198 g/mol. The van der Waals surface area contributed by atoms with Gasteiger partial charge in [0.15, 0.2) is 5.82 Å². The second-order valence-electron chi connectivity index (χ2n) is 3.50. The van der Waals surface area contributed by atoms with Crippen molar-refractivity contribution < 1.29 is 4.52 Å². The third kappa shape index (κ3) is 1.93. The standard InChI is InChI=1S/C9H15N3OS/c1-6(10-2)9-11-8(12-13-9)7-4-3-5-14-7/h6-7,10H,3-5H2,1-2H3. The summed E-state index contributed by atoms with van der Waals surface area (Å²) < 4.78 is 5.19. The van der Waals surface area contributed by atoms with Crippen LogP contribution in [0.5, 0.6) is 0 Å². The predicted octanol–water partition coefficient (Wildman–Crippen LogP) is 1.92. The molecule has 78 valence electrons. The molecule has 1 aromatic heterocycles. The molecule has 2 heterocycles. The fraction of sp³-hybridized carbons (Fsp3) is 0.778. The fourth-order valence-corrected chi connectivity index (χ4v) is 2.65. The van der Waals surface area contributed by atoms with Gasteiger partial charge in [0.1, 0.15) is 0 Å². The molecule has 0 aromatic carbocycles. The van der Waals surface area contributed by atoms with Crippen LogP contribution >= 0.6 is 11.8 Å². The van der Waals surface area contributed by atoms with Crippen molar-refractivity contribution in [2.24, 2.45) is 0 Å². The number of thioether (sulfide) groups is 1. The van der Waals surface area contributed by atoms with E-state index >= 15 is 0 Å². The SMILES string of the molecule is CNC(C)c1nc(C2CCCS2)no1. The summed E-state index contributed by atoms with van der Waals surface area (Å²) >= 11 is 1.92. The highest BCUT2D eigenvalue weighted by Gasteiger charge is 2.23. The van der Waals surface area contributed by atoms with Crippen molar-refractivity contribution in [2.75, 3.05) is 12.8 Å². The zero-order valence-electron chi connectivity index (χ0n) is 8.49. The van der Waals surface area contributed by atoms with Crippen LogP contribution in [0, 0.1) is 0 Å². The lowest BCUT2D eigenvalue weighted by molar-refractivity contribution is 0.343. The first kappa shape index (κ1) is 9.98. The van der Waals surface area contributed by atoms with Crippen LogP contribution in [-0.4, -0.2) is 22.9 Å². The lowest BCUT2D eigenvalue weighted by Gasteiger charge is -2.02. The highest BCUT2D eigenvalue weighted by molar-refractivity contribution is 7.99. The zero-order valence-corrected chi connectivity index (χ0v) is 9.30. The predicted molar refractivity (Wildman–Crippen MR) is 56.2 cm³/mol. The van der Waals surface area contributed by atoms with Gasteiger partial charge in [0.25, 0.3) is 0 Å². The molecule has 0 aliphatic carbocycles. The molecule has 1 N–H and O–H groups in total. The molecule has 0 amide bonds. The van der Waals surface area contributed by atoms with Crippen molar-refractivity contribution in [2.45, 2.75) is 31.1 Å².